The number of carbonyl (C=O) groups excluding carboxylic acids is 1. The van der Waals surface area contributed by atoms with Gasteiger partial charge < -0.3 is 15.1 Å². The number of hydrogen-bond acceptors (Lipinski definition) is 2. The molecule has 0 spiro atoms. The van der Waals surface area contributed by atoms with Crippen LogP contribution in [0.4, 0.5) is 0 Å². The molecule has 1 rings (SSSR count). The molecular weight excluding hydrogens is 240 g/mol. The van der Waals surface area contributed by atoms with Crippen LogP contribution in [-0.4, -0.2) is 59.9 Å². The van der Waals surface area contributed by atoms with Crippen LogP contribution >= 0.6 is 0 Å². The topological polar surface area (TPSA) is 47.9 Å². The van der Waals surface area contributed by atoms with Crippen LogP contribution in [0.15, 0.2) is 4.99 Å². The fourth-order valence-corrected chi connectivity index (χ4v) is 2.88. The van der Waals surface area contributed by atoms with E-state index in [0.29, 0.717) is 6.54 Å². The number of guanidine groups is 1. The van der Waals surface area contributed by atoms with E-state index in [4.69, 9.17) is 0 Å². The number of nitrogens with zero attached hydrogens (tertiary/aromatic N) is 3. The third kappa shape index (κ3) is 3.61. The van der Waals surface area contributed by atoms with Gasteiger partial charge >= 0.3 is 0 Å². The lowest BCUT2D eigenvalue weighted by Crippen LogP contribution is -2.66. The Morgan fingerprint density at radius 2 is 2.11 bits per heavy atom. The molecule has 0 bridgehead atoms. The molecule has 1 amide bonds. The van der Waals surface area contributed by atoms with Gasteiger partial charge in [0.2, 0.25) is 5.91 Å². The van der Waals surface area contributed by atoms with E-state index in [1.807, 2.05) is 4.90 Å². The van der Waals surface area contributed by atoms with Crippen molar-refractivity contribution in [2.45, 2.75) is 52.6 Å². The quantitative estimate of drug-likeness (QED) is 0.620. The van der Waals surface area contributed by atoms with Gasteiger partial charge in [-0.05, 0) is 34.1 Å². The summed E-state index contributed by atoms with van der Waals surface area (Å²) in [5.41, 5.74) is -0.173. The minimum Gasteiger partial charge on any atom is -0.356 e. The van der Waals surface area contributed by atoms with Gasteiger partial charge in [-0.25, -0.2) is 0 Å². The molecular formula is C14H28N4O. The predicted octanol–water partition coefficient (Wildman–Crippen LogP) is 1.30. The molecule has 0 aromatic rings. The van der Waals surface area contributed by atoms with Crippen molar-refractivity contribution in [1.82, 2.24) is 15.1 Å². The van der Waals surface area contributed by atoms with Gasteiger partial charge in [-0.3, -0.25) is 9.79 Å². The first kappa shape index (κ1) is 15.8. The van der Waals surface area contributed by atoms with Gasteiger partial charge in [0, 0.05) is 26.2 Å². The van der Waals surface area contributed by atoms with E-state index in [2.05, 4.69) is 49.8 Å². The zero-order valence-corrected chi connectivity index (χ0v) is 13.2. The van der Waals surface area contributed by atoms with Crippen molar-refractivity contribution in [3.05, 3.63) is 0 Å². The number of nitrogens with one attached hydrogen (secondary N) is 1. The number of piperazine rings is 1. The van der Waals surface area contributed by atoms with Gasteiger partial charge in [0.25, 0.3) is 0 Å². The molecule has 5 heteroatoms. The average molecular weight is 268 g/mol. The summed E-state index contributed by atoms with van der Waals surface area (Å²) in [5, 5.41) is 3.30. The summed E-state index contributed by atoms with van der Waals surface area (Å²) in [5.74, 6) is 0.998. The Morgan fingerprint density at radius 1 is 1.47 bits per heavy atom. The zero-order valence-electron chi connectivity index (χ0n) is 13.2. The number of aliphatic imine (C=N–C) groups is 1. The zero-order chi connectivity index (χ0) is 14.6. The Kier molecular flexibility index (Phi) is 5.20. The maximum Gasteiger partial charge on any atom is 0.242 e. The molecule has 1 N–H and O–H groups in total. The highest BCUT2D eigenvalue weighted by molar-refractivity contribution is 5.88. The minimum absolute atomic E-state index is 0.172. The molecule has 1 fully saturated rings. The van der Waals surface area contributed by atoms with Crippen LogP contribution in [0.25, 0.3) is 0 Å². The molecule has 1 heterocycles. The summed E-state index contributed by atoms with van der Waals surface area (Å²) >= 11 is 0. The second-order valence-electron chi connectivity index (χ2n) is 6.00. The van der Waals surface area contributed by atoms with Crippen LogP contribution in [0.3, 0.4) is 0 Å². The summed E-state index contributed by atoms with van der Waals surface area (Å²) < 4.78 is 0. The molecule has 1 aliphatic rings. The van der Waals surface area contributed by atoms with E-state index in [1.165, 1.54) is 0 Å². The van der Waals surface area contributed by atoms with Crippen LogP contribution in [0.5, 0.6) is 0 Å². The Labute approximate surface area is 117 Å². The van der Waals surface area contributed by atoms with Crippen LogP contribution in [0.1, 0.15) is 41.0 Å². The van der Waals surface area contributed by atoms with E-state index in [9.17, 15) is 4.79 Å². The molecule has 0 atom stereocenters. The fraction of sp³-hybridized carbons (Fsp3) is 0.857. The fourth-order valence-electron chi connectivity index (χ4n) is 2.88. The van der Waals surface area contributed by atoms with E-state index in [0.717, 1.165) is 25.5 Å². The average Bonchev–Trinajstić information content (AvgIpc) is 2.27. The van der Waals surface area contributed by atoms with E-state index >= 15 is 0 Å². The lowest BCUT2D eigenvalue weighted by Gasteiger charge is -2.49. The first-order valence-electron chi connectivity index (χ1n) is 7.11. The maximum absolute atomic E-state index is 12.4. The second-order valence-corrected chi connectivity index (χ2v) is 6.00. The predicted molar refractivity (Wildman–Crippen MR) is 79.3 cm³/mol. The lowest BCUT2D eigenvalue weighted by molar-refractivity contribution is -0.145. The van der Waals surface area contributed by atoms with Crippen LogP contribution in [0.2, 0.25) is 0 Å². The largest absolute Gasteiger partial charge is 0.356 e. The van der Waals surface area contributed by atoms with Gasteiger partial charge in [0.1, 0.15) is 0 Å². The molecule has 0 radical (unpaired) electrons. The normalized spacial score (nSPS) is 20.2. The smallest absolute Gasteiger partial charge is 0.242 e. The highest BCUT2D eigenvalue weighted by atomic mass is 16.2. The molecule has 5 nitrogen and oxygen atoms in total. The van der Waals surface area contributed by atoms with Crippen molar-refractivity contribution in [2.24, 2.45) is 4.99 Å². The molecule has 1 saturated heterocycles. The SMILES string of the molecule is CCCNC(=NC)N1CC(=O)N(C(C)C)C(C)(C)C1. The number of amides is 1. The number of carbonyl (C=O) groups is 1. The van der Waals surface area contributed by atoms with Gasteiger partial charge in [-0.1, -0.05) is 6.92 Å². The summed E-state index contributed by atoms with van der Waals surface area (Å²) in [6.45, 7) is 12.6. The van der Waals surface area contributed by atoms with Crippen molar-refractivity contribution >= 4 is 11.9 Å². The van der Waals surface area contributed by atoms with Gasteiger partial charge in [0.05, 0.1) is 12.1 Å². The molecule has 0 unspecified atom stereocenters. The van der Waals surface area contributed by atoms with Crippen LogP contribution in [-0.2, 0) is 4.79 Å². The van der Waals surface area contributed by atoms with Crippen molar-refractivity contribution in [2.75, 3.05) is 26.7 Å². The third-order valence-corrected chi connectivity index (χ3v) is 3.39. The second kappa shape index (κ2) is 6.26. The first-order chi connectivity index (χ1) is 8.83. The van der Waals surface area contributed by atoms with Crippen LogP contribution < -0.4 is 5.32 Å². The summed E-state index contributed by atoms with van der Waals surface area (Å²) in [6.07, 6.45) is 1.04. The van der Waals surface area contributed by atoms with E-state index in [1.54, 1.807) is 7.05 Å². The van der Waals surface area contributed by atoms with Gasteiger partial charge in [-0.2, -0.15) is 0 Å². The van der Waals surface area contributed by atoms with E-state index in [-0.39, 0.29) is 17.5 Å². The number of hydrogen-bond donors (Lipinski definition) is 1. The van der Waals surface area contributed by atoms with Gasteiger partial charge in [0.15, 0.2) is 5.96 Å². The lowest BCUT2D eigenvalue weighted by atomic mass is 9.96. The van der Waals surface area contributed by atoms with E-state index < -0.39 is 0 Å². The molecule has 1 aliphatic heterocycles. The minimum atomic E-state index is -0.173. The summed E-state index contributed by atoms with van der Waals surface area (Å²) in [7, 11) is 1.77. The Morgan fingerprint density at radius 3 is 2.53 bits per heavy atom. The molecule has 0 saturated carbocycles. The van der Waals surface area contributed by atoms with Crippen molar-refractivity contribution < 1.29 is 4.79 Å². The molecule has 0 aromatic heterocycles. The Hall–Kier alpha value is -1.26. The van der Waals surface area contributed by atoms with Crippen molar-refractivity contribution in [1.29, 1.82) is 0 Å². The highest BCUT2D eigenvalue weighted by Gasteiger charge is 2.40. The monoisotopic (exact) mass is 268 g/mol. The summed E-state index contributed by atoms with van der Waals surface area (Å²) in [4.78, 5) is 20.7. The summed E-state index contributed by atoms with van der Waals surface area (Å²) in [6, 6.07) is 0.232. The highest BCUT2D eigenvalue weighted by Crippen LogP contribution is 2.24. The number of rotatable bonds is 3. The third-order valence-electron chi connectivity index (χ3n) is 3.39. The standard InChI is InChI=1S/C14H28N4O/c1-7-8-16-13(15-6)17-9-12(19)18(11(2)3)14(4,5)10-17/h11H,7-10H2,1-6H3,(H,15,16). The molecule has 0 aliphatic carbocycles. The Balaban J connectivity index is 2.84. The van der Waals surface area contributed by atoms with Crippen LogP contribution in [0, 0.1) is 0 Å². The maximum atomic E-state index is 12.4. The molecule has 110 valence electrons. The molecule has 19 heavy (non-hydrogen) atoms. The molecule has 0 aromatic carbocycles. The van der Waals surface area contributed by atoms with Gasteiger partial charge in [-0.15, -0.1) is 0 Å². The van der Waals surface area contributed by atoms with Crippen molar-refractivity contribution in [3.8, 4) is 0 Å². The van der Waals surface area contributed by atoms with Crippen molar-refractivity contribution in [3.63, 3.8) is 0 Å². The Bertz CT molecular complexity index is 349. The first-order valence-corrected chi connectivity index (χ1v) is 7.11.